The van der Waals surface area contributed by atoms with Crippen LogP contribution in [0.3, 0.4) is 0 Å². The van der Waals surface area contributed by atoms with Gasteiger partial charge in [-0.05, 0) is 19.8 Å². The normalized spacial score (nSPS) is 21.0. The number of aliphatic carboxylic acids is 1. The third-order valence-corrected chi connectivity index (χ3v) is 5.47. The van der Waals surface area contributed by atoms with E-state index in [0.717, 1.165) is 12.8 Å². The summed E-state index contributed by atoms with van der Waals surface area (Å²) in [6.45, 7) is 2.08. The number of hydrogen-bond donors (Lipinski definition) is 1. The number of rotatable bonds is 4. The lowest BCUT2D eigenvalue weighted by atomic mass is 10.0. The van der Waals surface area contributed by atoms with Crippen LogP contribution in [0.4, 0.5) is 0 Å². The Kier molecular flexibility index (Phi) is 4.14. The molecule has 8 heteroatoms. The fraction of sp³-hybridized carbons (Fsp3) is 0.667. The molecule has 0 aliphatic carbocycles. The Balaban J connectivity index is 2.32. The molecule has 7 nitrogen and oxygen atoms in total. The highest BCUT2D eigenvalue weighted by molar-refractivity contribution is 7.89. The predicted octanol–water partition coefficient (Wildman–Crippen LogP) is 0.746. The summed E-state index contributed by atoms with van der Waals surface area (Å²) in [5, 5.41) is 8.92. The molecule has 2 rings (SSSR count). The van der Waals surface area contributed by atoms with E-state index in [4.69, 9.17) is 5.11 Å². The van der Waals surface area contributed by atoms with Crippen molar-refractivity contribution in [3.63, 3.8) is 0 Å². The third-order valence-electron chi connectivity index (χ3n) is 3.64. The van der Waals surface area contributed by atoms with E-state index in [1.807, 2.05) is 0 Å². The van der Waals surface area contributed by atoms with Crippen LogP contribution < -0.4 is 0 Å². The van der Waals surface area contributed by atoms with E-state index >= 15 is 0 Å². The third kappa shape index (κ3) is 2.85. The number of nitrogens with zero attached hydrogens (tertiary/aromatic N) is 3. The monoisotopic (exact) mass is 301 g/mol. The molecular formula is C12H19N3O4S. The van der Waals surface area contributed by atoms with Gasteiger partial charge in [0.05, 0.1) is 6.42 Å². The smallest absolute Gasteiger partial charge is 0.304 e. The Morgan fingerprint density at radius 1 is 1.50 bits per heavy atom. The van der Waals surface area contributed by atoms with Crippen molar-refractivity contribution in [2.45, 2.75) is 43.7 Å². The average molecular weight is 301 g/mol. The standard InChI is InChI=1S/C12H19N3O4S/c1-9-13-11(8-14(9)2)20(18,19)15-6-4-3-5-10(15)7-12(16)17/h8,10H,3-7H2,1-2H3,(H,16,17)/t10-/m0/s1. The van der Waals surface area contributed by atoms with Crippen molar-refractivity contribution in [2.24, 2.45) is 7.05 Å². The van der Waals surface area contributed by atoms with E-state index in [1.165, 1.54) is 10.5 Å². The van der Waals surface area contributed by atoms with Crippen molar-refractivity contribution in [1.82, 2.24) is 13.9 Å². The minimum atomic E-state index is -3.72. The molecule has 1 aromatic rings. The molecule has 0 radical (unpaired) electrons. The number of aromatic nitrogens is 2. The largest absolute Gasteiger partial charge is 0.481 e. The van der Waals surface area contributed by atoms with Crippen molar-refractivity contribution < 1.29 is 18.3 Å². The molecule has 0 saturated carbocycles. The minimum absolute atomic E-state index is 0.00483. The number of sulfonamides is 1. The number of imidazole rings is 1. The SMILES string of the molecule is Cc1nc(S(=O)(=O)N2CCCC[C@H]2CC(=O)O)cn1C. The Labute approximate surface area is 118 Å². The first-order chi connectivity index (χ1) is 9.32. The van der Waals surface area contributed by atoms with E-state index < -0.39 is 22.0 Å². The predicted molar refractivity (Wildman–Crippen MR) is 71.7 cm³/mol. The van der Waals surface area contributed by atoms with Crippen LogP contribution in [-0.4, -0.2) is 45.9 Å². The van der Waals surface area contributed by atoms with Gasteiger partial charge in [-0.1, -0.05) is 6.42 Å². The fourth-order valence-corrected chi connectivity index (χ4v) is 4.19. The van der Waals surface area contributed by atoms with Gasteiger partial charge in [0.2, 0.25) is 0 Å². The van der Waals surface area contributed by atoms with Gasteiger partial charge in [0.15, 0.2) is 5.03 Å². The molecule has 0 unspecified atom stereocenters. The quantitative estimate of drug-likeness (QED) is 0.885. The van der Waals surface area contributed by atoms with E-state index in [9.17, 15) is 13.2 Å². The first-order valence-electron chi connectivity index (χ1n) is 6.56. The molecule has 0 amide bonds. The van der Waals surface area contributed by atoms with Crippen molar-refractivity contribution in [3.05, 3.63) is 12.0 Å². The Morgan fingerprint density at radius 3 is 2.75 bits per heavy atom. The van der Waals surface area contributed by atoms with E-state index in [1.54, 1.807) is 18.5 Å². The van der Waals surface area contributed by atoms with Crippen molar-refractivity contribution in [1.29, 1.82) is 0 Å². The summed E-state index contributed by atoms with van der Waals surface area (Å²) in [5.74, 6) is -0.371. The van der Waals surface area contributed by atoms with Crippen molar-refractivity contribution in [2.75, 3.05) is 6.54 Å². The maximum Gasteiger partial charge on any atom is 0.304 e. The number of carboxylic acid groups (broad SMARTS) is 1. The van der Waals surface area contributed by atoms with Crippen LogP contribution in [0.5, 0.6) is 0 Å². The summed E-state index contributed by atoms with van der Waals surface area (Å²) in [7, 11) is -1.99. The van der Waals surface area contributed by atoms with Crippen molar-refractivity contribution in [3.8, 4) is 0 Å². The Hall–Kier alpha value is -1.41. The highest BCUT2D eigenvalue weighted by Gasteiger charge is 2.36. The Bertz CT molecular complexity index is 589. The van der Waals surface area contributed by atoms with Gasteiger partial charge >= 0.3 is 5.97 Å². The maximum atomic E-state index is 12.6. The van der Waals surface area contributed by atoms with E-state index in [-0.39, 0.29) is 11.4 Å². The molecule has 0 spiro atoms. The van der Waals surface area contributed by atoms with Gasteiger partial charge in [0.25, 0.3) is 10.0 Å². The molecule has 1 saturated heterocycles. The summed E-state index contributed by atoms with van der Waals surface area (Å²) in [4.78, 5) is 15.0. The number of aryl methyl sites for hydroxylation is 2. The lowest BCUT2D eigenvalue weighted by Gasteiger charge is -2.33. The van der Waals surface area contributed by atoms with Crippen LogP contribution in [0.15, 0.2) is 11.2 Å². The molecule has 20 heavy (non-hydrogen) atoms. The lowest BCUT2D eigenvalue weighted by Crippen LogP contribution is -2.44. The number of carbonyl (C=O) groups is 1. The molecule has 0 aromatic carbocycles. The number of carboxylic acids is 1. The summed E-state index contributed by atoms with van der Waals surface area (Å²) >= 11 is 0. The summed E-state index contributed by atoms with van der Waals surface area (Å²) in [6.07, 6.45) is 3.49. The van der Waals surface area contributed by atoms with Gasteiger partial charge in [-0.25, -0.2) is 13.4 Å². The highest BCUT2D eigenvalue weighted by Crippen LogP contribution is 2.26. The molecule has 1 atom stereocenters. The van der Waals surface area contributed by atoms with Crippen LogP contribution in [0, 0.1) is 6.92 Å². The molecule has 1 aromatic heterocycles. The van der Waals surface area contributed by atoms with Crippen LogP contribution >= 0.6 is 0 Å². The second kappa shape index (κ2) is 5.53. The van der Waals surface area contributed by atoms with Crippen LogP contribution in [-0.2, 0) is 21.9 Å². The highest BCUT2D eigenvalue weighted by atomic mass is 32.2. The Morgan fingerprint density at radius 2 is 2.20 bits per heavy atom. The van der Waals surface area contributed by atoms with Gasteiger partial charge in [-0.3, -0.25) is 4.79 Å². The lowest BCUT2D eigenvalue weighted by molar-refractivity contribution is -0.138. The minimum Gasteiger partial charge on any atom is -0.481 e. The zero-order chi connectivity index (χ0) is 14.9. The van der Waals surface area contributed by atoms with Gasteiger partial charge in [0.1, 0.15) is 5.82 Å². The average Bonchev–Trinajstić information content (AvgIpc) is 2.70. The van der Waals surface area contributed by atoms with E-state index in [2.05, 4.69) is 4.98 Å². The van der Waals surface area contributed by atoms with E-state index in [0.29, 0.717) is 18.8 Å². The fourth-order valence-electron chi connectivity index (χ4n) is 2.47. The summed E-state index contributed by atoms with van der Waals surface area (Å²) < 4.78 is 28.1. The van der Waals surface area contributed by atoms with Gasteiger partial charge in [-0.15, -0.1) is 0 Å². The van der Waals surface area contributed by atoms with Gasteiger partial charge < -0.3 is 9.67 Å². The second-order valence-electron chi connectivity index (χ2n) is 5.10. The molecule has 112 valence electrons. The van der Waals surface area contributed by atoms with Crippen LogP contribution in [0.1, 0.15) is 31.5 Å². The number of piperidine rings is 1. The zero-order valence-electron chi connectivity index (χ0n) is 11.6. The second-order valence-corrected chi connectivity index (χ2v) is 6.94. The topological polar surface area (TPSA) is 92.5 Å². The maximum absolute atomic E-state index is 12.6. The molecule has 2 heterocycles. The molecule has 1 aliphatic rings. The van der Waals surface area contributed by atoms with Gasteiger partial charge in [-0.2, -0.15) is 4.31 Å². The molecule has 1 aliphatic heterocycles. The summed E-state index contributed by atoms with van der Waals surface area (Å²) in [5.41, 5.74) is 0. The zero-order valence-corrected chi connectivity index (χ0v) is 12.4. The molecule has 1 fully saturated rings. The first kappa shape index (κ1) is 15.0. The first-order valence-corrected chi connectivity index (χ1v) is 8.00. The molecule has 0 bridgehead atoms. The van der Waals surface area contributed by atoms with Gasteiger partial charge in [0, 0.05) is 25.8 Å². The van der Waals surface area contributed by atoms with Crippen molar-refractivity contribution >= 4 is 16.0 Å². The molecular weight excluding hydrogens is 282 g/mol. The number of hydrogen-bond acceptors (Lipinski definition) is 4. The van der Waals surface area contributed by atoms with Crippen LogP contribution in [0.25, 0.3) is 0 Å². The van der Waals surface area contributed by atoms with Crippen LogP contribution in [0.2, 0.25) is 0 Å². The summed E-state index contributed by atoms with van der Waals surface area (Å²) in [6, 6.07) is -0.478. The molecule has 1 N–H and O–H groups in total.